The Balaban J connectivity index is 2.21. The number of primary amides is 1. The highest BCUT2D eigenvalue weighted by atomic mass is 16.1. The third-order valence-electron chi connectivity index (χ3n) is 3.52. The minimum Gasteiger partial charge on any atom is -0.370 e. The van der Waals surface area contributed by atoms with Crippen molar-refractivity contribution in [3.63, 3.8) is 0 Å². The summed E-state index contributed by atoms with van der Waals surface area (Å²) >= 11 is 0. The predicted molar refractivity (Wildman–Crippen MR) is 66.2 cm³/mol. The first-order valence-electron chi connectivity index (χ1n) is 6.35. The summed E-state index contributed by atoms with van der Waals surface area (Å²) in [6, 6.07) is 1.33. The number of rotatable bonds is 6. The van der Waals surface area contributed by atoms with Gasteiger partial charge in [-0.25, -0.2) is 0 Å². The first-order valence-corrected chi connectivity index (χ1v) is 6.35. The molecular formula is C12H25N3O. The summed E-state index contributed by atoms with van der Waals surface area (Å²) < 4.78 is 0. The van der Waals surface area contributed by atoms with Gasteiger partial charge in [-0.15, -0.1) is 0 Å². The molecule has 1 aliphatic rings. The number of nitrogens with one attached hydrogen (secondary N) is 1. The Hall–Kier alpha value is -0.610. The molecule has 1 saturated carbocycles. The van der Waals surface area contributed by atoms with Gasteiger partial charge in [0.25, 0.3) is 0 Å². The van der Waals surface area contributed by atoms with Gasteiger partial charge in [-0.05, 0) is 39.3 Å². The monoisotopic (exact) mass is 227 g/mol. The predicted octanol–water partition coefficient (Wildman–Crippen LogP) is 0.714. The van der Waals surface area contributed by atoms with E-state index in [2.05, 4.69) is 24.2 Å². The van der Waals surface area contributed by atoms with Gasteiger partial charge >= 0.3 is 0 Å². The minimum absolute atomic E-state index is 0.201. The topological polar surface area (TPSA) is 58.4 Å². The number of nitrogens with two attached hydrogens (primary N) is 1. The van der Waals surface area contributed by atoms with Gasteiger partial charge in [-0.2, -0.15) is 0 Å². The maximum Gasteiger partial charge on any atom is 0.218 e. The zero-order valence-corrected chi connectivity index (χ0v) is 10.5. The number of nitrogens with zero attached hydrogens (tertiary/aromatic N) is 1. The van der Waals surface area contributed by atoms with E-state index < -0.39 is 0 Å². The molecule has 1 amide bonds. The summed E-state index contributed by atoms with van der Waals surface area (Å²) in [6.45, 7) is 4.02. The number of hydrogen-bond acceptors (Lipinski definition) is 3. The van der Waals surface area contributed by atoms with Gasteiger partial charge in [0.05, 0.1) is 0 Å². The molecule has 0 atom stereocenters. The molecule has 0 aromatic rings. The van der Waals surface area contributed by atoms with Crippen LogP contribution >= 0.6 is 0 Å². The van der Waals surface area contributed by atoms with E-state index in [9.17, 15) is 4.79 Å². The highest BCUT2D eigenvalue weighted by Gasteiger charge is 2.23. The van der Waals surface area contributed by atoms with Crippen molar-refractivity contribution < 1.29 is 4.79 Å². The summed E-state index contributed by atoms with van der Waals surface area (Å²) in [7, 11) is 2.10. The average Bonchev–Trinajstić information content (AvgIpc) is 2.27. The number of amides is 1. The Labute approximate surface area is 98.6 Å². The van der Waals surface area contributed by atoms with Crippen molar-refractivity contribution in [3.8, 4) is 0 Å². The van der Waals surface area contributed by atoms with E-state index in [0.29, 0.717) is 18.5 Å². The van der Waals surface area contributed by atoms with E-state index in [4.69, 9.17) is 5.73 Å². The molecule has 4 nitrogen and oxygen atoms in total. The van der Waals surface area contributed by atoms with Crippen molar-refractivity contribution in [1.82, 2.24) is 10.2 Å². The van der Waals surface area contributed by atoms with Crippen molar-refractivity contribution in [2.24, 2.45) is 5.73 Å². The molecule has 0 saturated heterocycles. The lowest BCUT2D eigenvalue weighted by Gasteiger charge is -2.34. The van der Waals surface area contributed by atoms with Crippen LogP contribution < -0.4 is 11.1 Å². The molecule has 0 aliphatic heterocycles. The largest absolute Gasteiger partial charge is 0.370 e. The third-order valence-corrected chi connectivity index (χ3v) is 3.52. The van der Waals surface area contributed by atoms with Crippen LogP contribution in [0.4, 0.5) is 0 Å². The van der Waals surface area contributed by atoms with E-state index >= 15 is 0 Å². The molecule has 0 radical (unpaired) electrons. The van der Waals surface area contributed by atoms with Crippen molar-refractivity contribution in [3.05, 3.63) is 0 Å². The molecule has 0 unspecified atom stereocenters. The molecule has 0 aromatic carbocycles. The van der Waals surface area contributed by atoms with Crippen LogP contribution in [0.3, 0.4) is 0 Å². The molecule has 0 bridgehead atoms. The van der Waals surface area contributed by atoms with E-state index in [0.717, 1.165) is 13.1 Å². The van der Waals surface area contributed by atoms with Crippen LogP contribution in [-0.4, -0.2) is 43.0 Å². The van der Waals surface area contributed by atoms with Gasteiger partial charge in [0.2, 0.25) is 5.91 Å². The highest BCUT2D eigenvalue weighted by Crippen LogP contribution is 2.22. The fraction of sp³-hybridized carbons (Fsp3) is 0.917. The first kappa shape index (κ1) is 13.5. The van der Waals surface area contributed by atoms with Crippen molar-refractivity contribution in [1.29, 1.82) is 0 Å². The van der Waals surface area contributed by atoms with Gasteiger partial charge in [0.1, 0.15) is 0 Å². The van der Waals surface area contributed by atoms with Gasteiger partial charge in [0.15, 0.2) is 0 Å². The lowest BCUT2D eigenvalue weighted by molar-refractivity contribution is -0.118. The van der Waals surface area contributed by atoms with Gasteiger partial charge in [-0.3, -0.25) is 4.79 Å². The van der Waals surface area contributed by atoms with Crippen molar-refractivity contribution in [2.75, 3.05) is 20.1 Å². The fourth-order valence-electron chi connectivity index (χ4n) is 2.48. The maximum atomic E-state index is 10.7. The van der Waals surface area contributed by atoms with Crippen LogP contribution in [0.15, 0.2) is 0 Å². The molecule has 1 aliphatic carbocycles. The normalized spacial score (nSPS) is 25.9. The second-order valence-electron chi connectivity index (χ2n) is 4.76. The molecular weight excluding hydrogens is 202 g/mol. The van der Waals surface area contributed by atoms with E-state index in [1.165, 1.54) is 25.7 Å². The second-order valence-corrected chi connectivity index (χ2v) is 4.76. The van der Waals surface area contributed by atoms with Crippen LogP contribution in [-0.2, 0) is 4.79 Å². The summed E-state index contributed by atoms with van der Waals surface area (Å²) in [5.41, 5.74) is 5.16. The molecule has 94 valence electrons. The molecule has 1 rings (SSSR count). The smallest absolute Gasteiger partial charge is 0.218 e. The summed E-state index contributed by atoms with van der Waals surface area (Å²) in [4.78, 5) is 13.0. The van der Waals surface area contributed by atoms with Crippen LogP contribution in [0.5, 0.6) is 0 Å². The van der Waals surface area contributed by atoms with Gasteiger partial charge in [-0.1, -0.05) is 6.92 Å². The lowest BCUT2D eigenvalue weighted by atomic mass is 9.90. The van der Waals surface area contributed by atoms with Crippen LogP contribution in [0.25, 0.3) is 0 Å². The average molecular weight is 227 g/mol. The quantitative estimate of drug-likeness (QED) is 0.703. The van der Waals surface area contributed by atoms with E-state index in [1.54, 1.807) is 0 Å². The standard InChI is InChI=1S/C12H25N3O/c1-3-14-10-4-6-11(7-5-10)15(2)9-8-12(13)16/h10-11,14H,3-9H2,1-2H3,(H2,13,16). The van der Waals surface area contributed by atoms with Gasteiger partial charge < -0.3 is 16.0 Å². The third kappa shape index (κ3) is 4.49. The SMILES string of the molecule is CCNC1CCC(N(C)CCC(N)=O)CC1. The maximum absolute atomic E-state index is 10.7. The fourth-order valence-corrected chi connectivity index (χ4v) is 2.48. The summed E-state index contributed by atoms with van der Waals surface area (Å²) in [5, 5.41) is 3.50. The molecule has 0 spiro atoms. The Morgan fingerprint density at radius 2 is 2.00 bits per heavy atom. The molecule has 3 N–H and O–H groups in total. The van der Waals surface area contributed by atoms with Crippen LogP contribution in [0.2, 0.25) is 0 Å². The van der Waals surface area contributed by atoms with Crippen molar-refractivity contribution in [2.45, 2.75) is 51.1 Å². The molecule has 4 heteroatoms. The Kier molecular flexibility index (Phi) is 5.77. The highest BCUT2D eigenvalue weighted by molar-refractivity contribution is 5.73. The Bertz CT molecular complexity index is 212. The van der Waals surface area contributed by atoms with Crippen LogP contribution in [0, 0.1) is 0 Å². The first-order chi connectivity index (χ1) is 7.63. The van der Waals surface area contributed by atoms with Crippen LogP contribution in [0.1, 0.15) is 39.0 Å². The molecule has 0 aromatic heterocycles. The summed E-state index contributed by atoms with van der Waals surface area (Å²) in [5.74, 6) is -0.201. The Morgan fingerprint density at radius 3 is 2.50 bits per heavy atom. The van der Waals surface area contributed by atoms with Gasteiger partial charge in [0, 0.05) is 25.0 Å². The van der Waals surface area contributed by atoms with E-state index in [1.807, 2.05) is 0 Å². The zero-order chi connectivity index (χ0) is 12.0. The molecule has 1 fully saturated rings. The zero-order valence-electron chi connectivity index (χ0n) is 10.5. The molecule has 16 heavy (non-hydrogen) atoms. The Morgan fingerprint density at radius 1 is 1.38 bits per heavy atom. The number of carbonyl (C=O) groups is 1. The van der Waals surface area contributed by atoms with Crippen molar-refractivity contribution >= 4 is 5.91 Å². The van der Waals surface area contributed by atoms with E-state index in [-0.39, 0.29) is 5.91 Å². The number of hydrogen-bond donors (Lipinski definition) is 2. The number of carbonyl (C=O) groups excluding carboxylic acids is 1. The second kappa shape index (κ2) is 6.86. The minimum atomic E-state index is -0.201. The summed E-state index contributed by atoms with van der Waals surface area (Å²) in [6.07, 6.45) is 5.43. The molecule has 0 heterocycles. The lowest BCUT2D eigenvalue weighted by Crippen LogP contribution is -2.41.